The number of phenolic OH excluding ortho intramolecular Hbond substituents is 1. The number of aryl methyl sites for hydroxylation is 1. The van der Waals surface area contributed by atoms with Gasteiger partial charge in [-0.15, -0.1) is 0 Å². The molecule has 0 fully saturated rings. The molecule has 1 amide bonds. The minimum absolute atomic E-state index is 0.0589. The smallest absolute Gasteiger partial charge is 0.270 e. The lowest BCUT2D eigenvalue weighted by atomic mass is 9.94. The van der Waals surface area contributed by atoms with Crippen LogP contribution in [-0.4, -0.2) is 54.5 Å². The quantitative estimate of drug-likeness (QED) is 0.320. The van der Waals surface area contributed by atoms with Gasteiger partial charge in [0.2, 0.25) is 0 Å². The first kappa shape index (κ1) is 24.1. The number of hydrogen-bond donors (Lipinski definition) is 7. The van der Waals surface area contributed by atoms with E-state index in [0.29, 0.717) is 31.8 Å². The van der Waals surface area contributed by atoms with Crippen LogP contribution >= 0.6 is 0 Å². The lowest BCUT2D eigenvalue weighted by Gasteiger charge is -2.29. The van der Waals surface area contributed by atoms with Crippen LogP contribution < -0.4 is 32.1 Å². The Morgan fingerprint density at radius 2 is 2.08 bits per heavy atom. The van der Waals surface area contributed by atoms with Crippen molar-refractivity contribution < 1.29 is 14.3 Å². The molecule has 0 spiro atoms. The van der Waals surface area contributed by atoms with Crippen molar-refractivity contribution >= 4 is 17.3 Å². The highest BCUT2D eigenvalue weighted by Crippen LogP contribution is 2.38. The molecule has 2 atom stereocenters. The number of anilines is 1. The number of aromatic hydroxyl groups is 1. The van der Waals surface area contributed by atoms with Crippen LogP contribution in [0.5, 0.6) is 5.75 Å². The van der Waals surface area contributed by atoms with E-state index in [1.807, 2.05) is 30.0 Å². The first-order valence-corrected chi connectivity index (χ1v) is 12.8. The number of benzene rings is 2. The molecule has 0 saturated carbocycles. The average Bonchev–Trinajstić information content (AvgIpc) is 3.57. The van der Waals surface area contributed by atoms with Gasteiger partial charge in [-0.3, -0.25) is 4.79 Å². The summed E-state index contributed by atoms with van der Waals surface area (Å²) in [5, 5.41) is 23.1. The van der Waals surface area contributed by atoms with E-state index in [4.69, 9.17) is 0 Å². The van der Waals surface area contributed by atoms with Crippen LogP contribution in [-0.2, 0) is 11.2 Å². The summed E-state index contributed by atoms with van der Waals surface area (Å²) in [7, 11) is 1.81. The van der Waals surface area contributed by atoms with Gasteiger partial charge in [-0.05, 0) is 46.9 Å². The number of carbonyl (C=O) groups excluding carboxylic acids is 1. The fourth-order valence-corrected chi connectivity index (χ4v) is 5.45. The molecular weight excluding hydrogens is 487 g/mol. The number of amides is 1. The van der Waals surface area contributed by atoms with E-state index in [1.54, 1.807) is 13.2 Å². The van der Waals surface area contributed by atoms with Crippen LogP contribution in [0.1, 0.15) is 30.5 Å². The van der Waals surface area contributed by atoms with E-state index in [0.717, 1.165) is 51.6 Å². The van der Waals surface area contributed by atoms with E-state index < -0.39 is 5.82 Å². The predicted octanol–water partition coefficient (Wildman–Crippen LogP) is 1.76. The maximum absolute atomic E-state index is 14.1. The third-order valence-corrected chi connectivity index (χ3v) is 7.55. The second-order valence-corrected chi connectivity index (χ2v) is 9.79. The van der Waals surface area contributed by atoms with Gasteiger partial charge in [-0.25, -0.2) is 14.8 Å². The minimum atomic E-state index is -0.629. The van der Waals surface area contributed by atoms with Gasteiger partial charge in [0, 0.05) is 25.7 Å². The maximum Gasteiger partial charge on any atom is 0.270 e. The van der Waals surface area contributed by atoms with E-state index in [-0.39, 0.29) is 23.9 Å². The molecule has 7 N–H and O–H groups in total. The van der Waals surface area contributed by atoms with Crippen molar-refractivity contribution in [1.82, 2.24) is 31.6 Å². The van der Waals surface area contributed by atoms with Gasteiger partial charge in [-0.2, -0.15) is 0 Å². The van der Waals surface area contributed by atoms with E-state index >= 15 is 0 Å². The maximum atomic E-state index is 14.1. The third kappa shape index (κ3) is 4.18. The number of phenols is 1. The zero-order valence-corrected chi connectivity index (χ0v) is 21.3. The van der Waals surface area contributed by atoms with Gasteiger partial charge < -0.3 is 36.7 Å². The number of carbonyl (C=O) groups is 1. The van der Waals surface area contributed by atoms with Gasteiger partial charge in [0.15, 0.2) is 11.6 Å². The number of halogens is 1. The van der Waals surface area contributed by atoms with Crippen molar-refractivity contribution in [2.24, 2.45) is 4.99 Å². The Morgan fingerprint density at radius 3 is 2.84 bits per heavy atom. The second kappa shape index (κ2) is 9.56. The van der Waals surface area contributed by atoms with Crippen molar-refractivity contribution in [1.29, 1.82) is 0 Å². The summed E-state index contributed by atoms with van der Waals surface area (Å²) in [6, 6.07) is 8.87. The van der Waals surface area contributed by atoms with Crippen LogP contribution in [0.25, 0.3) is 11.1 Å². The summed E-state index contributed by atoms with van der Waals surface area (Å²) in [6.07, 6.45) is 2.96. The van der Waals surface area contributed by atoms with E-state index in [9.17, 15) is 14.3 Å². The Kier molecular flexibility index (Phi) is 6.07. The number of hydrazine groups is 1. The molecule has 198 valence electrons. The lowest BCUT2D eigenvalue weighted by Crippen LogP contribution is -2.46. The first-order chi connectivity index (χ1) is 18.4. The van der Waals surface area contributed by atoms with Gasteiger partial charge in [0.25, 0.3) is 5.91 Å². The molecule has 0 aliphatic carbocycles. The monoisotopic (exact) mass is 518 g/mol. The number of rotatable bonds is 5. The molecule has 2 unspecified atom stereocenters. The van der Waals surface area contributed by atoms with Crippen molar-refractivity contribution in [2.45, 2.75) is 32.0 Å². The number of hydrogen-bond acceptors (Lipinski definition) is 9. The van der Waals surface area contributed by atoms with Crippen LogP contribution in [0.4, 0.5) is 10.1 Å². The fraction of sp³-hybridized carbons (Fsp3) is 0.333. The topological polar surface area (TPSA) is 125 Å². The summed E-state index contributed by atoms with van der Waals surface area (Å²) in [4.78, 5) is 19.2. The van der Waals surface area contributed by atoms with Gasteiger partial charge in [0.1, 0.15) is 17.7 Å². The minimum Gasteiger partial charge on any atom is -0.505 e. The van der Waals surface area contributed by atoms with Gasteiger partial charge in [-0.1, -0.05) is 19.1 Å². The number of fused-ring (bicyclic) bond motifs is 1. The molecule has 0 bridgehead atoms. The molecule has 10 nitrogen and oxygen atoms in total. The second-order valence-electron chi connectivity index (χ2n) is 9.79. The molecule has 0 radical (unpaired) electrons. The summed E-state index contributed by atoms with van der Waals surface area (Å²) in [6.45, 7) is 3.50. The molecule has 2 aromatic carbocycles. The molecule has 11 heteroatoms. The third-order valence-electron chi connectivity index (χ3n) is 7.55. The predicted molar refractivity (Wildman–Crippen MR) is 143 cm³/mol. The van der Waals surface area contributed by atoms with Crippen LogP contribution in [0.2, 0.25) is 0 Å². The Hall–Kier alpha value is -4.25. The summed E-state index contributed by atoms with van der Waals surface area (Å²) in [5.41, 5.74) is 13.8. The van der Waals surface area contributed by atoms with Gasteiger partial charge >= 0.3 is 0 Å². The number of nitrogens with one attached hydrogen (secondary N) is 6. The summed E-state index contributed by atoms with van der Waals surface area (Å²) < 4.78 is 14.1. The number of aliphatic imine (C=N–C) groups is 1. The van der Waals surface area contributed by atoms with Crippen molar-refractivity contribution in [3.8, 4) is 16.9 Å². The van der Waals surface area contributed by atoms with Crippen molar-refractivity contribution in [3.05, 3.63) is 70.7 Å². The van der Waals surface area contributed by atoms with Crippen molar-refractivity contribution in [3.63, 3.8) is 0 Å². The SMILES string of the molecule is CCc1cc(O)c(F)cc1-c1ccc2c(c1)NNC2C1NC2=C(CN(C(=O)C3=NC=C(NC)NC3)CC2)N1. The fourth-order valence-electron chi connectivity index (χ4n) is 5.45. The molecular formula is C27H31FN8O2. The highest BCUT2D eigenvalue weighted by Gasteiger charge is 2.37. The van der Waals surface area contributed by atoms with Crippen molar-refractivity contribution in [2.75, 3.05) is 32.1 Å². The van der Waals surface area contributed by atoms with E-state index in [1.165, 1.54) is 12.1 Å². The van der Waals surface area contributed by atoms with Crippen LogP contribution in [0, 0.1) is 5.82 Å². The molecule has 0 saturated heterocycles. The van der Waals surface area contributed by atoms with Crippen LogP contribution in [0.3, 0.4) is 0 Å². The number of nitrogens with zero attached hydrogens (tertiary/aromatic N) is 2. The largest absolute Gasteiger partial charge is 0.505 e. The Balaban J connectivity index is 1.15. The first-order valence-electron chi connectivity index (χ1n) is 12.8. The van der Waals surface area contributed by atoms with E-state index in [2.05, 4.69) is 37.1 Å². The average molecular weight is 519 g/mol. The van der Waals surface area contributed by atoms with Crippen LogP contribution in [0.15, 0.2) is 58.7 Å². The Morgan fingerprint density at radius 1 is 1.24 bits per heavy atom. The summed E-state index contributed by atoms with van der Waals surface area (Å²) >= 11 is 0. The lowest BCUT2D eigenvalue weighted by molar-refractivity contribution is -0.124. The molecule has 2 aromatic rings. The Bertz CT molecular complexity index is 1400. The molecule has 4 heterocycles. The summed E-state index contributed by atoms with van der Waals surface area (Å²) in [5.74, 6) is -0.224. The van der Waals surface area contributed by atoms with Gasteiger partial charge in [0.05, 0.1) is 36.7 Å². The Labute approximate surface area is 220 Å². The molecule has 38 heavy (non-hydrogen) atoms. The normalized spacial score (nSPS) is 21.8. The highest BCUT2D eigenvalue weighted by molar-refractivity contribution is 6.40. The molecule has 4 aliphatic rings. The molecule has 4 aliphatic heterocycles. The highest BCUT2D eigenvalue weighted by atomic mass is 19.1. The molecule has 6 rings (SSSR count). The standard InChI is InChI=1S/C27H31FN8O2/c1-3-14-9-23(37)18(28)10-17(14)15-4-5-16-20(8-15)34-35-25(16)26-32-19-6-7-36(13-22(19)33-26)27(38)21-11-31-24(29-2)12-30-21/h4-5,8-10,12,25-26,29,31-35,37H,3,6-7,11,13H2,1-2H3. The molecule has 0 aromatic heterocycles. The zero-order chi connectivity index (χ0) is 26.4. The zero-order valence-electron chi connectivity index (χ0n) is 21.3.